The largest absolute Gasteiger partial charge is 0.459 e. The van der Waals surface area contributed by atoms with Crippen LogP contribution in [0.3, 0.4) is 0 Å². The average Bonchev–Trinajstić information content (AvgIpc) is 3.17. The number of nitro groups is 1. The van der Waals surface area contributed by atoms with Crippen molar-refractivity contribution in [2.24, 2.45) is 0 Å². The van der Waals surface area contributed by atoms with Gasteiger partial charge in [0.15, 0.2) is 5.76 Å². The molecule has 2 aromatic carbocycles. The van der Waals surface area contributed by atoms with E-state index in [0.717, 1.165) is 12.1 Å². The first-order chi connectivity index (χ1) is 13.2. The summed E-state index contributed by atoms with van der Waals surface area (Å²) in [5.41, 5.74) is -3.51. The highest BCUT2D eigenvalue weighted by atomic mass is 19.4. The quantitative estimate of drug-likeness (QED) is 0.341. The Kier molecular flexibility index (Phi) is 4.87. The van der Waals surface area contributed by atoms with E-state index in [1.54, 1.807) is 0 Å². The third-order valence-electron chi connectivity index (χ3n) is 3.77. The Morgan fingerprint density at radius 2 is 1.79 bits per heavy atom. The zero-order chi connectivity index (χ0) is 20.5. The first kappa shape index (κ1) is 19.1. The van der Waals surface area contributed by atoms with Gasteiger partial charge in [0.05, 0.1) is 22.6 Å². The molecule has 0 radical (unpaired) electrons. The maximum atomic E-state index is 14.3. The number of hydrogen-bond donors (Lipinski definition) is 0. The molecule has 1 heterocycles. The number of carbonyl (C=O) groups is 1. The lowest BCUT2D eigenvalue weighted by Crippen LogP contribution is -2.27. The maximum absolute atomic E-state index is 14.3. The van der Waals surface area contributed by atoms with Crippen LogP contribution in [0.15, 0.2) is 65.3 Å². The van der Waals surface area contributed by atoms with Gasteiger partial charge in [-0.15, -0.1) is 0 Å². The van der Waals surface area contributed by atoms with Crippen LogP contribution >= 0.6 is 0 Å². The van der Waals surface area contributed by atoms with E-state index in [0.29, 0.717) is 17.0 Å². The third kappa shape index (κ3) is 3.56. The SMILES string of the molecule is O=C(c1ccco1)N(c1ccc([N+](=O)[O-])c(C(F)(F)F)c1)c1ccccc1F. The summed E-state index contributed by atoms with van der Waals surface area (Å²) >= 11 is 0. The van der Waals surface area contributed by atoms with Gasteiger partial charge in [0.1, 0.15) is 11.4 Å². The summed E-state index contributed by atoms with van der Waals surface area (Å²) in [5.74, 6) is -2.08. The number of furan rings is 1. The van der Waals surface area contributed by atoms with E-state index >= 15 is 0 Å². The Bertz CT molecular complexity index is 1030. The number of hydrogen-bond acceptors (Lipinski definition) is 4. The van der Waals surface area contributed by atoms with Gasteiger partial charge in [0, 0.05) is 6.07 Å². The second kappa shape index (κ2) is 7.14. The molecule has 0 atom stereocenters. The summed E-state index contributed by atoms with van der Waals surface area (Å²) in [4.78, 5) is 23.2. The van der Waals surface area contributed by atoms with Crippen LogP contribution in [0.4, 0.5) is 34.6 Å². The van der Waals surface area contributed by atoms with Crippen molar-refractivity contribution in [2.45, 2.75) is 6.18 Å². The molecule has 0 fully saturated rings. The molecule has 0 aliphatic carbocycles. The summed E-state index contributed by atoms with van der Waals surface area (Å²) in [6, 6.07) is 9.53. The number of carbonyl (C=O) groups excluding carboxylic acids is 1. The summed E-state index contributed by atoms with van der Waals surface area (Å²) < 4.78 is 59.2. The summed E-state index contributed by atoms with van der Waals surface area (Å²) in [5, 5.41) is 10.9. The number of rotatable bonds is 4. The third-order valence-corrected chi connectivity index (χ3v) is 3.77. The molecule has 0 aliphatic rings. The molecule has 1 amide bonds. The molecule has 3 rings (SSSR count). The number of para-hydroxylation sites is 1. The number of anilines is 2. The Morgan fingerprint density at radius 3 is 2.36 bits per heavy atom. The lowest BCUT2D eigenvalue weighted by Gasteiger charge is -2.23. The fourth-order valence-electron chi connectivity index (χ4n) is 2.56. The summed E-state index contributed by atoms with van der Waals surface area (Å²) in [6.45, 7) is 0. The van der Waals surface area contributed by atoms with Gasteiger partial charge in [-0.1, -0.05) is 12.1 Å². The monoisotopic (exact) mass is 394 g/mol. The maximum Gasteiger partial charge on any atom is 0.423 e. The van der Waals surface area contributed by atoms with E-state index in [4.69, 9.17) is 4.42 Å². The van der Waals surface area contributed by atoms with Crippen LogP contribution in [0.2, 0.25) is 0 Å². The molecule has 0 spiro atoms. The zero-order valence-corrected chi connectivity index (χ0v) is 13.8. The minimum Gasteiger partial charge on any atom is -0.459 e. The molecule has 10 heteroatoms. The number of halogens is 4. The molecule has 3 aromatic rings. The number of alkyl halides is 3. The standard InChI is InChI=1S/C18H10F4N2O4/c19-13-4-1-2-5-15(13)23(17(25)16-6-3-9-28-16)11-7-8-14(24(26)27)12(10-11)18(20,21)22/h1-10H. The lowest BCUT2D eigenvalue weighted by atomic mass is 10.1. The minimum atomic E-state index is -5.06. The van der Waals surface area contributed by atoms with E-state index in [2.05, 4.69) is 0 Å². The number of benzene rings is 2. The van der Waals surface area contributed by atoms with Crippen LogP contribution in [0.5, 0.6) is 0 Å². The van der Waals surface area contributed by atoms with Crippen molar-refractivity contribution < 1.29 is 31.7 Å². The molecule has 0 bridgehead atoms. The van der Waals surface area contributed by atoms with Gasteiger partial charge in [-0.2, -0.15) is 13.2 Å². The molecule has 0 saturated carbocycles. The van der Waals surface area contributed by atoms with Crippen molar-refractivity contribution in [2.75, 3.05) is 4.90 Å². The highest BCUT2D eigenvalue weighted by Crippen LogP contribution is 2.40. The molecule has 1 aromatic heterocycles. The Morgan fingerprint density at radius 1 is 1.07 bits per heavy atom. The van der Waals surface area contributed by atoms with Gasteiger partial charge >= 0.3 is 6.18 Å². The van der Waals surface area contributed by atoms with Gasteiger partial charge in [-0.3, -0.25) is 19.8 Å². The first-order valence-electron chi connectivity index (χ1n) is 7.68. The molecule has 0 aliphatic heterocycles. The van der Waals surface area contributed by atoms with Gasteiger partial charge in [-0.05, 0) is 36.4 Å². The van der Waals surface area contributed by atoms with Gasteiger partial charge in [-0.25, -0.2) is 4.39 Å². The highest BCUT2D eigenvalue weighted by Gasteiger charge is 2.39. The van der Waals surface area contributed by atoms with E-state index in [1.165, 1.54) is 36.6 Å². The van der Waals surface area contributed by atoms with Crippen LogP contribution in [-0.2, 0) is 6.18 Å². The topological polar surface area (TPSA) is 76.6 Å². The molecule has 0 saturated heterocycles. The molecule has 28 heavy (non-hydrogen) atoms. The highest BCUT2D eigenvalue weighted by molar-refractivity contribution is 6.09. The summed E-state index contributed by atoms with van der Waals surface area (Å²) in [6.07, 6.45) is -3.89. The Labute approximate surface area is 154 Å². The van der Waals surface area contributed by atoms with Crippen LogP contribution in [0.1, 0.15) is 16.1 Å². The predicted molar refractivity (Wildman–Crippen MR) is 89.7 cm³/mol. The lowest BCUT2D eigenvalue weighted by molar-refractivity contribution is -0.388. The molecular weight excluding hydrogens is 384 g/mol. The van der Waals surface area contributed by atoms with Crippen molar-refractivity contribution in [3.05, 3.63) is 88.1 Å². The predicted octanol–water partition coefficient (Wildman–Crippen LogP) is 5.32. The van der Waals surface area contributed by atoms with Crippen molar-refractivity contribution in [1.82, 2.24) is 0 Å². The minimum absolute atomic E-state index is 0.254. The molecule has 0 unspecified atom stereocenters. The fourth-order valence-corrected chi connectivity index (χ4v) is 2.56. The van der Waals surface area contributed by atoms with Gasteiger partial charge in [0.2, 0.25) is 0 Å². The van der Waals surface area contributed by atoms with E-state index in [9.17, 15) is 32.5 Å². The van der Waals surface area contributed by atoms with Crippen LogP contribution in [0, 0.1) is 15.9 Å². The van der Waals surface area contributed by atoms with E-state index in [1.807, 2.05) is 0 Å². The Balaban J connectivity index is 2.23. The average molecular weight is 394 g/mol. The van der Waals surface area contributed by atoms with Gasteiger partial charge < -0.3 is 4.42 Å². The van der Waals surface area contributed by atoms with E-state index in [-0.39, 0.29) is 11.4 Å². The first-order valence-corrected chi connectivity index (χ1v) is 7.68. The smallest absolute Gasteiger partial charge is 0.423 e. The van der Waals surface area contributed by atoms with Crippen molar-refractivity contribution in [3.63, 3.8) is 0 Å². The van der Waals surface area contributed by atoms with Crippen molar-refractivity contribution in [1.29, 1.82) is 0 Å². The van der Waals surface area contributed by atoms with E-state index < -0.39 is 39.8 Å². The summed E-state index contributed by atoms with van der Waals surface area (Å²) in [7, 11) is 0. The zero-order valence-electron chi connectivity index (χ0n) is 13.8. The Hall–Kier alpha value is -3.69. The number of nitrogens with zero attached hydrogens (tertiary/aromatic N) is 2. The molecular formula is C18H10F4N2O4. The van der Waals surface area contributed by atoms with Crippen LogP contribution < -0.4 is 4.90 Å². The van der Waals surface area contributed by atoms with Crippen molar-refractivity contribution in [3.8, 4) is 0 Å². The van der Waals surface area contributed by atoms with Crippen LogP contribution in [0.25, 0.3) is 0 Å². The second-order valence-corrected chi connectivity index (χ2v) is 5.53. The molecule has 144 valence electrons. The normalized spacial score (nSPS) is 11.3. The van der Waals surface area contributed by atoms with Crippen molar-refractivity contribution >= 4 is 23.0 Å². The van der Waals surface area contributed by atoms with Gasteiger partial charge in [0.25, 0.3) is 11.6 Å². The number of nitro benzene ring substituents is 1. The second-order valence-electron chi connectivity index (χ2n) is 5.53. The van der Waals surface area contributed by atoms with Crippen LogP contribution in [-0.4, -0.2) is 10.8 Å². The fraction of sp³-hybridized carbons (Fsp3) is 0.0556. The number of amides is 1. The molecule has 0 N–H and O–H groups in total. The molecule has 6 nitrogen and oxygen atoms in total.